The molecule has 1 unspecified atom stereocenters. The molecule has 2 heteroatoms. The average Bonchev–Trinajstić information content (AvgIpc) is 2.10. The maximum absolute atomic E-state index is 3.87. The maximum atomic E-state index is 3.87. The van der Waals surface area contributed by atoms with Crippen LogP contribution in [0.2, 0.25) is 0 Å². The van der Waals surface area contributed by atoms with Crippen molar-refractivity contribution < 1.29 is 29.6 Å². The van der Waals surface area contributed by atoms with E-state index in [1.807, 2.05) is 0 Å². The summed E-state index contributed by atoms with van der Waals surface area (Å²) in [6.45, 7) is 6.13. The minimum atomic E-state index is 0. The first-order valence-corrected chi connectivity index (χ1v) is 6.16. The van der Waals surface area contributed by atoms with Crippen molar-refractivity contribution in [1.29, 1.82) is 0 Å². The van der Waals surface area contributed by atoms with Gasteiger partial charge in [0.05, 0.1) is 0 Å². The molecule has 0 aliphatic carbocycles. The molecule has 0 amide bonds. The standard InChI is InChI=1S/C11H22Br.Na/c1-3-5-6-7-8-9-10-11(12)4-2;/h11H,2-10H2,1H3;/q-1;+1. The first-order valence-electron chi connectivity index (χ1n) is 5.24. The molecule has 13 heavy (non-hydrogen) atoms. The Morgan fingerprint density at radius 1 is 1.08 bits per heavy atom. The van der Waals surface area contributed by atoms with E-state index in [1.165, 1.54) is 44.9 Å². The molecule has 0 saturated heterocycles. The molecule has 0 saturated carbocycles. The molecule has 0 heterocycles. The second-order valence-corrected chi connectivity index (χ2v) is 4.74. The van der Waals surface area contributed by atoms with Crippen molar-refractivity contribution in [2.45, 2.75) is 63.1 Å². The number of hydrogen-bond donors (Lipinski definition) is 0. The van der Waals surface area contributed by atoms with E-state index in [1.54, 1.807) is 0 Å². The Kier molecular flexibility index (Phi) is 17.5. The van der Waals surface area contributed by atoms with Crippen molar-refractivity contribution in [1.82, 2.24) is 0 Å². The monoisotopic (exact) mass is 256 g/mol. The van der Waals surface area contributed by atoms with E-state index >= 15 is 0 Å². The van der Waals surface area contributed by atoms with Gasteiger partial charge >= 0.3 is 29.6 Å². The van der Waals surface area contributed by atoms with Crippen LogP contribution in [0.25, 0.3) is 0 Å². The molecule has 0 aromatic rings. The van der Waals surface area contributed by atoms with Crippen molar-refractivity contribution in [2.24, 2.45) is 0 Å². The van der Waals surface area contributed by atoms with Crippen LogP contribution in [0.5, 0.6) is 0 Å². The van der Waals surface area contributed by atoms with Crippen LogP contribution < -0.4 is 29.6 Å². The molecule has 0 radical (unpaired) electrons. The van der Waals surface area contributed by atoms with Crippen molar-refractivity contribution in [3.63, 3.8) is 0 Å². The molecular weight excluding hydrogens is 235 g/mol. The summed E-state index contributed by atoms with van der Waals surface area (Å²) in [6.07, 6.45) is 10.7. The van der Waals surface area contributed by atoms with Crippen LogP contribution in [0.15, 0.2) is 0 Å². The van der Waals surface area contributed by atoms with Gasteiger partial charge in [0, 0.05) is 0 Å². The van der Waals surface area contributed by atoms with E-state index in [0.717, 1.165) is 6.42 Å². The van der Waals surface area contributed by atoms with Crippen molar-refractivity contribution in [3.05, 3.63) is 6.92 Å². The second-order valence-electron chi connectivity index (χ2n) is 3.44. The van der Waals surface area contributed by atoms with Crippen LogP contribution in [0.1, 0.15) is 58.3 Å². The van der Waals surface area contributed by atoms with Crippen molar-refractivity contribution >= 4 is 15.9 Å². The normalized spacial score (nSPS) is 12.2. The fourth-order valence-electron chi connectivity index (χ4n) is 1.29. The smallest absolute Gasteiger partial charge is 0.342 e. The maximum Gasteiger partial charge on any atom is 1.00 e. The Morgan fingerprint density at radius 2 is 1.62 bits per heavy atom. The Hall–Kier alpha value is 1.48. The Labute approximate surface area is 115 Å². The summed E-state index contributed by atoms with van der Waals surface area (Å²) < 4.78 is 0. The van der Waals surface area contributed by atoms with Crippen LogP contribution >= 0.6 is 15.9 Å². The molecule has 0 aromatic carbocycles. The number of unbranched alkanes of at least 4 members (excludes halogenated alkanes) is 5. The van der Waals surface area contributed by atoms with E-state index in [4.69, 9.17) is 0 Å². The minimum Gasteiger partial charge on any atom is -0.342 e. The summed E-state index contributed by atoms with van der Waals surface area (Å²) in [7, 11) is 0. The second kappa shape index (κ2) is 13.5. The van der Waals surface area contributed by atoms with Gasteiger partial charge in [0.2, 0.25) is 0 Å². The first kappa shape index (κ1) is 16.9. The van der Waals surface area contributed by atoms with Crippen LogP contribution in [-0.4, -0.2) is 4.83 Å². The largest absolute Gasteiger partial charge is 1.00 e. The van der Waals surface area contributed by atoms with E-state index < -0.39 is 0 Å². The molecule has 0 aromatic heterocycles. The molecule has 0 N–H and O–H groups in total. The fourth-order valence-corrected chi connectivity index (χ4v) is 1.61. The van der Waals surface area contributed by atoms with Gasteiger partial charge in [-0.25, -0.2) is 0 Å². The number of hydrogen-bond acceptors (Lipinski definition) is 0. The molecule has 0 fully saturated rings. The van der Waals surface area contributed by atoms with Crippen molar-refractivity contribution in [2.75, 3.05) is 0 Å². The van der Waals surface area contributed by atoms with Gasteiger partial charge in [0.25, 0.3) is 0 Å². The van der Waals surface area contributed by atoms with E-state index in [-0.39, 0.29) is 29.6 Å². The van der Waals surface area contributed by atoms with Gasteiger partial charge in [0.1, 0.15) is 0 Å². The van der Waals surface area contributed by atoms with Gasteiger partial charge in [-0.1, -0.05) is 61.4 Å². The SMILES string of the molecule is [CH2-]CC(Br)CCCCCCCC.[Na+]. The van der Waals surface area contributed by atoms with Crippen LogP contribution in [0.4, 0.5) is 0 Å². The molecule has 0 nitrogen and oxygen atoms in total. The van der Waals surface area contributed by atoms with Gasteiger partial charge in [-0.15, -0.1) is 0 Å². The Balaban J connectivity index is 0. The molecule has 74 valence electrons. The summed E-state index contributed by atoms with van der Waals surface area (Å²) in [4.78, 5) is 0.656. The van der Waals surface area contributed by atoms with Crippen LogP contribution in [-0.2, 0) is 0 Å². The molecule has 1 atom stereocenters. The minimum absolute atomic E-state index is 0. The molecule has 0 aliphatic rings. The zero-order valence-corrected chi connectivity index (χ0v) is 12.9. The summed E-state index contributed by atoms with van der Waals surface area (Å²) in [5.74, 6) is 0. The summed E-state index contributed by atoms with van der Waals surface area (Å²) in [5.41, 5.74) is 0. The summed E-state index contributed by atoms with van der Waals surface area (Å²) >= 11 is 3.60. The van der Waals surface area contributed by atoms with E-state index in [9.17, 15) is 0 Å². The summed E-state index contributed by atoms with van der Waals surface area (Å²) in [6, 6.07) is 0. The topological polar surface area (TPSA) is 0 Å². The van der Waals surface area contributed by atoms with Gasteiger partial charge < -0.3 is 6.92 Å². The first-order chi connectivity index (χ1) is 5.81. The molecular formula is C11H22BrNa. The number of alkyl halides is 1. The zero-order chi connectivity index (χ0) is 9.23. The third kappa shape index (κ3) is 13.5. The number of halogens is 1. The van der Waals surface area contributed by atoms with Crippen LogP contribution in [0, 0.1) is 6.92 Å². The predicted molar refractivity (Wildman–Crippen MR) is 60.7 cm³/mol. The van der Waals surface area contributed by atoms with Gasteiger partial charge in [-0.2, -0.15) is 6.42 Å². The molecule has 0 rings (SSSR count). The summed E-state index contributed by atoms with van der Waals surface area (Å²) in [5, 5.41) is 0. The molecule has 0 spiro atoms. The van der Waals surface area contributed by atoms with Crippen molar-refractivity contribution in [3.8, 4) is 0 Å². The molecule has 0 aliphatic heterocycles. The number of rotatable bonds is 8. The third-order valence-electron chi connectivity index (χ3n) is 2.18. The Morgan fingerprint density at radius 3 is 2.15 bits per heavy atom. The molecule has 0 bridgehead atoms. The van der Waals surface area contributed by atoms with E-state index in [2.05, 4.69) is 29.8 Å². The quantitative estimate of drug-likeness (QED) is 0.269. The average molecular weight is 257 g/mol. The predicted octanol–water partition coefficient (Wildman–Crippen LogP) is 1.73. The van der Waals surface area contributed by atoms with Gasteiger partial charge in [-0.05, 0) is 11.2 Å². The van der Waals surface area contributed by atoms with Gasteiger partial charge in [0.15, 0.2) is 0 Å². The zero-order valence-electron chi connectivity index (χ0n) is 9.32. The fraction of sp³-hybridized carbons (Fsp3) is 0.909. The Bertz CT molecular complexity index is 86.2. The van der Waals surface area contributed by atoms with Gasteiger partial charge in [-0.3, -0.25) is 0 Å². The third-order valence-corrected chi connectivity index (χ3v) is 3.10. The van der Waals surface area contributed by atoms with Crippen LogP contribution in [0.3, 0.4) is 0 Å². The van der Waals surface area contributed by atoms with E-state index in [0.29, 0.717) is 4.83 Å².